The number of carbonyl (C=O) groups excluding carboxylic acids is 2. The van der Waals surface area contributed by atoms with Crippen LogP contribution in [0.2, 0.25) is 0 Å². The molecule has 0 radical (unpaired) electrons. The quantitative estimate of drug-likeness (QED) is 0.390. The van der Waals surface area contributed by atoms with E-state index in [1.807, 2.05) is 13.8 Å². The summed E-state index contributed by atoms with van der Waals surface area (Å²) in [7, 11) is 0. The molecule has 37 heavy (non-hydrogen) atoms. The standard InChI is InChI=1S/C27H26N4O5S/c1-13(2)9-21-29-30-27(37-21)31-23(16-5-7-17(8-6-16)35-12-20(28)32)22-24(33)18-10-14(3)15(4)11-19(18)36-25(22)26(31)34/h5-8,10-11,13,23H,9,12H2,1-4H3,(H2,28,32). The number of anilines is 1. The third kappa shape index (κ3) is 4.48. The Labute approximate surface area is 216 Å². The summed E-state index contributed by atoms with van der Waals surface area (Å²) >= 11 is 1.32. The van der Waals surface area contributed by atoms with E-state index in [4.69, 9.17) is 14.9 Å². The molecule has 5 rings (SSSR count). The predicted molar refractivity (Wildman–Crippen MR) is 140 cm³/mol. The van der Waals surface area contributed by atoms with Crippen molar-refractivity contribution in [1.29, 1.82) is 0 Å². The van der Waals surface area contributed by atoms with Gasteiger partial charge >= 0.3 is 0 Å². The number of primary amides is 1. The minimum absolute atomic E-state index is 0.000387. The van der Waals surface area contributed by atoms with Gasteiger partial charge in [-0.15, -0.1) is 10.2 Å². The molecule has 1 atom stereocenters. The number of nitrogens with two attached hydrogens (primary N) is 1. The van der Waals surface area contributed by atoms with Gasteiger partial charge in [0, 0.05) is 6.42 Å². The average molecular weight is 519 g/mol. The van der Waals surface area contributed by atoms with Gasteiger partial charge in [-0.05, 0) is 60.7 Å². The summed E-state index contributed by atoms with van der Waals surface area (Å²) in [6, 6.07) is 9.64. The molecule has 1 unspecified atom stereocenters. The minimum atomic E-state index is -0.769. The lowest BCUT2D eigenvalue weighted by Crippen LogP contribution is -2.29. The predicted octanol–water partition coefficient (Wildman–Crippen LogP) is 4.07. The highest BCUT2D eigenvalue weighted by Gasteiger charge is 2.45. The molecule has 2 aromatic heterocycles. The molecule has 10 heteroatoms. The summed E-state index contributed by atoms with van der Waals surface area (Å²) < 4.78 is 11.5. The SMILES string of the molecule is Cc1cc2oc3c(c(=O)c2cc1C)C(c1ccc(OCC(N)=O)cc1)N(c1nnc(CC(C)C)s1)C3=O. The van der Waals surface area contributed by atoms with E-state index < -0.39 is 17.9 Å². The van der Waals surface area contributed by atoms with Gasteiger partial charge in [-0.3, -0.25) is 19.3 Å². The Hall–Kier alpha value is -4.05. The van der Waals surface area contributed by atoms with Crippen LogP contribution in [0.3, 0.4) is 0 Å². The molecule has 9 nitrogen and oxygen atoms in total. The lowest BCUT2D eigenvalue weighted by Gasteiger charge is -2.22. The second-order valence-electron chi connectivity index (χ2n) is 9.58. The maximum Gasteiger partial charge on any atom is 0.297 e. The van der Waals surface area contributed by atoms with Gasteiger partial charge in [0.1, 0.15) is 16.3 Å². The van der Waals surface area contributed by atoms with Gasteiger partial charge in [0.05, 0.1) is 17.0 Å². The average Bonchev–Trinajstić information content (AvgIpc) is 3.41. The number of nitrogens with zero attached hydrogens (tertiary/aromatic N) is 3. The van der Waals surface area contributed by atoms with Crippen molar-refractivity contribution < 1.29 is 18.7 Å². The molecule has 0 fully saturated rings. The minimum Gasteiger partial charge on any atom is -0.484 e. The molecule has 190 valence electrons. The van der Waals surface area contributed by atoms with Crippen molar-refractivity contribution >= 4 is 39.3 Å². The number of carbonyl (C=O) groups is 2. The molecule has 2 aromatic carbocycles. The molecular formula is C27H26N4O5S. The fourth-order valence-electron chi connectivity index (χ4n) is 4.42. The molecule has 0 spiro atoms. The summed E-state index contributed by atoms with van der Waals surface area (Å²) in [5.74, 6) is -0.227. The zero-order chi connectivity index (χ0) is 26.4. The highest BCUT2D eigenvalue weighted by molar-refractivity contribution is 7.15. The monoisotopic (exact) mass is 518 g/mol. The number of ether oxygens (including phenoxy) is 1. The molecule has 0 bridgehead atoms. The molecular weight excluding hydrogens is 492 g/mol. The number of amides is 2. The van der Waals surface area contributed by atoms with Crippen LogP contribution in [0.5, 0.6) is 5.75 Å². The third-order valence-corrected chi connectivity index (χ3v) is 7.25. The van der Waals surface area contributed by atoms with Crippen molar-refractivity contribution in [3.05, 3.63) is 79.6 Å². The summed E-state index contributed by atoms with van der Waals surface area (Å²) in [5, 5.41) is 10.2. The zero-order valence-corrected chi connectivity index (χ0v) is 21.7. The topological polar surface area (TPSA) is 129 Å². The van der Waals surface area contributed by atoms with Gasteiger partial charge in [-0.1, -0.05) is 37.3 Å². The molecule has 0 saturated carbocycles. The Morgan fingerprint density at radius 1 is 1.14 bits per heavy atom. The van der Waals surface area contributed by atoms with Gasteiger partial charge in [0.15, 0.2) is 12.0 Å². The van der Waals surface area contributed by atoms with Crippen LogP contribution in [-0.2, 0) is 11.2 Å². The van der Waals surface area contributed by atoms with Gasteiger partial charge in [0.25, 0.3) is 11.8 Å². The van der Waals surface area contributed by atoms with Crippen molar-refractivity contribution in [1.82, 2.24) is 10.2 Å². The van der Waals surface area contributed by atoms with Crippen LogP contribution in [0.15, 0.2) is 45.6 Å². The highest BCUT2D eigenvalue weighted by atomic mass is 32.1. The molecule has 1 aliphatic heterocycles. The Kier molecular flexibility index (Phi) is 6.28. The number of aromatic nitrogens is 2. The van der Waals surface area contributed by atoms with E-state index in [1.54, 1.807) is 36.4 Å². The first-order chi connectivity index (χ1) is 17.6. The van der Waals surface area contributed by atoms with E-state index in [2.05, 4.69) is 24.0 Å². The van der Waals surface area contributed by atoms with E-state index in [0.717, 1.165) is 22.6 Å². The van der Waals surface area contributed by atoms with E-state index >= 15 is 0 Å². The van der Waals surface area contributed by atoms with Gasteiger partial charge in [0.2, 0.25) is 10.9 Å². The molecule has 4 aromatic rings. The molecule has 0 aliphatic carbocycles. The fourth-order valence-corrected chi connectivity index (χ4v) is 5.49. The van der Waals surface area contributed by atoms with Gasteiger partial charge in [-0.25, -0.2) is 0 Å². The smallest absolute Gasteiger partial charge is 0.297 e. The number of rotatable bonds is 7. The van der Waals surface area contributed by atoms with Crippen LogP contribution in [0, 0.1) is 19.8 Å². The number of aryl methyl sites for hydroxylation is 2. The second-order valence-corrected chi connectivity index (χ2v) is 10.6. The maximum atomic E-state index is 13.8. The number of benzene rings is 2. The lowest BCUT2D eigenvalue weighted by molar-refractivity contribution is -0.119. The largest absolute Gasteiger partial charge is 0.484 e. The van der Waals surface area contributed by atoms with Gasteiger partial charge in [-0.2, -0.15) is 0 Å². The fraction of sp³-hybridized carbons (Fsp3) is 0.296. The van der Waals surface area contributed by atoms with E-state index in [9.17, 15) is 14.4 Å². The zero-order valence-electron chi connectivity index (χ0n) is 20.9. The maximum absolute atomic E-state index is 13.8. The van der Waals surface area contributed by atoms with Crippen LogP contribution in [-0.4, -0.2) is 28.6 Å². The van der Waals surface area contributed by atoms with Crippen LogP contribution < -0.4 is 20.8 Å². The van der Waals surface area contributed by atoms with E-state index in [1.165, 1.54) is 16.2 Å². The summed E-state index contributed by atoms with van der Waals surface area (Å²) in [4.78, 5) is 40.2. The Bertz CT molecular complexity index is 1590. The number of fused-ring (bicyclic) bond motifs is 2. The van der Waals surface area contributed by atoms with E-state index in [0.29, 0.717) is 33.3 Å². The molecule has 0 saturated heterocycles. The van der Waals surface area contributed by atoms with Gasteiger partial charge < -0.3 is 14.9 Å². The Balaban J connectivity index is 1.67. The van der Waals surface area contributed by atoms with Crippen LogP contribution in [0.25, 0.3) is 11.0 Å². The first-order valence-electron chi connectivity index (χ1n) is 11.9. The van der Waals surface area contributed by atoms with Crippen LogP contribution >= 0.6 is 11.3 Å². The molecule has 2 N–H and O–H groups in total. The lowest BCUT2D eigenvalue weighted by atomic mass is 9.97. The number of hydrogen-bond acceptors (Lipinski definition) is 8. The summed E-state index contributed by atoms with van der Waals surface area (Å²) in [5.41, 5.74) is 8.11. The first-order valence-corrected chi connectivity index (χ1v) is 12.7. The second kappa shape index (κ2) is 9.44. The highest BCUT2D eigenvalue weighted by Crippen LogP contribution is 2.42. The first kappa shape index (κ1) is 24.6. The van der Waals surface area contributed by atoms with Crippen molar-refractivity contribution in [2.45, 2.75) is 40.2 Å². The van der Waals surface area contributed by atoms with Crippen molar-refractivity contribution in [2.24, 2.45) is 11.7 Å². The normalized spacial score (nSPS) is 15.0. The van der Waals surface area contributed by atoms with Crippen molar-refractivity contribution in [2.75, 3.05) is 11.5 Å². The molecule has 1 aliphatic rings. The Morgan fingerprint density at radius 3 is 2.51 bits per heavy atom. The van der Waals surface area contributed by atoms with E-state index in [-0.39, 0.29) is 23.4 Å². The van der Waals surface area contributed by atoms with Crippen LogP contribution in [0.1, 0.15) is 57.7 Å². The summed E-state index contributed by atoms with van der Waals surface area (Å²) in [6.07, 6.45) is 0.725. The van der Waals surface area contributed by atoms with Crippen LogP contribution in [0.4, 0.5) is 5.13 Å². The molecule has 3 heterocycles. The molecule has 2 amide bonds. The van der Waals surface area contributed by atoms with Crippen molar-refractivity contribution in [3.63, 3.8) is 0 Å². The number of hydrogen-bond donors (Lipinski definition) is 1. The Morgan fingerprint density at radius 2 is 1.84 bits per heavy atom. The summed E-state index contributed by atoms with van der Waals surface area (Å²) in [6.45, 7) is 7.77. The van der Waals surface area contributed by atoms with Crippen molar-refractivity contribution in [3.8, 4) is 5.75 Å². The third-order valence-electron chi connectivity index (χ3n) is 6.31.